The zero-order valence-electron chi connectivity index (χ0n) is 25.0. The first-order chi connectivity index (χ1) is 20.4. The first kappa shape index (κ1) is 33.5. The Kier molecular flexibility index (Phi) is 12.5. The van der Waals surface area contributed by atoms with E-state index in [-0.39, 0.29) is 44.8 Å². The predicted octanol–water partition coefficient (Wildman–Crippen LogP) is -1.64. The van der Waals surface area contributed by atoms with Crippen LogP contribution in [-0.2, 0) is 44.5 Å². The molecule has 2 aliphatic heterocycles. The molecule has 0 radical (unpaired) electrons. The highest BCUT2D eigenvalue weighted by molar-refractivity contribution is 6.49. The SMILES string of the molecule is CC(C)CC1NC(=O)CNC(=O)C(Cc2ccccc2)NC(=O)[C@H](NCCB2OC(=O)CN(C)CC(=O)O2)[C@H](C)NC1=O. The first-order valence-electron chi connectivity index (χ1n) is 14.4. The Morgan fingerprint density at radius 3 is 2.19 bits per heavy atom. The Balaban J connectivity index is 1.81. The minimum Gasteiger partial charge on any atom is -0.498 e. The highest BCUT2D eigenvalue weighted by Gasteiger charge is 2.35. The molecule has 0 bridgehead atoms. The maximum atomic E-state index is 13.7. The lowest BCUT2D eigenvalue weighted by Gasteiger charge is -2.29. The monoisotopic (exact) mass is 600 g/mol. The fourth-order valence-corrected chi connectivity index (χ4v) is 4.83. The van der Waals surface area contributed by atoms with Crippen molar-refractivity contribution in [1.82, 2.24) is 31.5 Å². The van der Waals surface area contributed by atoms with Crippen LogP contribution in [0.5, 0.6) is 0 Å². The molecule has 0 spiro atoms. The number of likely N-dealkylation sites (N-methyl/N-ethyl adjacent to an activating group) is 1. The van der Waals surface area contributed by atoms with Gasteiger partial charge in [-0.15, -0.1) is 0 Å². The zero-order valence-corrected chi connectivity index (χ0v) is 25.0. The van der Waals surface area contributed by atoms with E-state index in [1.54, 1.807) is 14.0 Å². The Hall–Kier alpha value is -3.98. The van der Waals surface area contributed by atoms with Crippen molar-refractivity contribution in [3.8, 4) is 0 Å². The average molecular weight is 600 g/mol. The second-order valence-electron chi connectivity index (χ2n) is 11.3. The molecule has 2 heterocycles. The summed E-state index contributed by atoms with van der Waals surface area (Å²) in [4.78, 5) is 78.4. The van der Waals surface area contributed by atoms with Crippen molar-refractivity contribution >= 4 is 42.7 Å². The molecule has 43 heavy (non-hydrogen) atoms. The topological polar surface area (TPSA) is 184 Å². The van der Waals surface area contributed by atoms with E-state index >= 15 is 0 Å². The average Bonchev–Trinajstić information content (AvgIpc) is 2.92. The molecule has 2 unspecified atom stereocenters. The van der Waals surface area contributed by atoms with Gasteiger partial charge in [-0.1, -0.05) is 44.2 Å². The minimum atomic E-state index is -1.16. The fourth-order valence-electron chi connectivity index (χ4n) is 4.83. The predicted molar refractivity (Wildman–Crippen MR) is 156 cm³/mol. The van der Waals surface area contributed by atoms with Gasteiger partial charge in [0, 0.05) is 12.7 Å². The number of amides is 4. The van der Waals surface area contributed by atoms with E-state index in [0.29, 0.717) is 6.42 Å². The number of nitrogens with one attached hydrogen (secondary N) is 5. The largest absolute Gasteiger partial charge is 0.599 e. The van der Waals surface area contributed by atoms with Gasteiger partial charge in [-0.05, 0) is 38.4 Å². The Morgan fingerprint density at radius 2 is 1.56 bits per heavy atom. The molecule has 3 rings (SSSR count). The summed E-state index contributed by atoms with van der Waals surface area (Å²) >= 11 is 0. The van der Waals surface area contributed by atoms with E-state index in [4.69, 9.17) is 9.31 Å². The molecule has 0 aliphatic carbocycles. The second-order valence-corrected chi connectivity index (χ2v) is 11.3. The Labute approximate surface area is 251 Å². The summed E-state index contributed by atoms with van der Waals surface area (Å²) in [7, 11) is 0.429. The van der Waals surface area contributed by atoms with Crippen molar-refractivity contribution in [2.75, 3.05) is 33.2 Å². The van der Waals surface area contributed by atoms with E-state index in [2.05, 4.69) is 26.6 Å². The molecule has 2 aliphatic rings. The van der Waals surface area contributed by atoms with Gasteiger partial charge >= 0.3 is 19.1 Å². The van der Waals surface area contributed by atoms with Gasteiger partial charge in [0.25, 0.3) is 0 Å². The van der Waals surface area contributed by atoms with Crippen LogP contribution < -0.4 is 26.6 Å². The van der Waals surface area contributed by atoms with Crippen LogP contribution in [0.1, 0.15) is 32.8 Å². The van der Waals surface area contributed by atoms with E-state index in [0.717, 1.165) is 5.56 Å². The number of nitrogens with zero attached hydrogens (tertiary/aromatic N) is 1. The highest BCUT2D eigenvalue weighted by Crippen LogP contribution is 2.09. The van der Waals surface area contributed by atoms with Crippen molar-refractivity contribution in [1.29, 1.82) is 0 Å². The Morgan fingerprint density at radius 1 is 0.907 bits per heavy atom. The summed E-state index contributed by atoms with van der Waals surface area (Å²) in [6.45, 7) is 4.98. The molecule has 4 amide bonds. The number of benzene rings is 1. The summed E-state index contributed by atoms with van der Waals surface area (Å²) < 4.78 is 10.5. The van der Waals surface area contributed by atoms with E-state index in [9.17, 15) is 28.8 Å². The van der Waals surface area contributed by atoms with Crippen LogP contribution in [0.3, 0.4) is 0 Å². The quantitative estimate of drug-likeness (QED) is 0.217. The molecule has 1 aromatic carbocycles. The molecule has 2 saturated heterocycles. The maximum Gasteiger partial charge on any atom is 0.599 e. The molecule has 14 nitrogen and oxygen atoms in total. The zero-order chi connectivity index (χ0) is 31.5. The van der Waals surface area contributed by atoms with Crippen molar-refractivity contribution in [2.45, 2.75) is 64.1 Å². The Bertz CT molecular complexity index is 1150. The van der Waals surface area contributed by atoms with Crippen LogP contribution in [0, 0.1) is 5.92 Å². The standard InChI is InChI=1S/C28H41BN6O8/c1-17(2)12-20-27(40)32-18(3)25(30-11-10-29-42-23(37)15-35(4)16-24(38)43-29)28(41)34-21(13-19-8-6-5-7-9-19)26(39)31-14-22(36)33-20/h5-9,17-18,20-21,25,30H,10-16H2,1-4H3,(H,31,39)(H,32,40)(H,33,36)(H,34,41)/t18-,20?,21?,25+/m0/s1. The second kappa shape index (κ2) is 16.0. The molecule has 234 valence electrons. The molecule has 4 atom stereocenters. The van der Waals surface area contributed by atoms with Gasteiger partial charge in [-0.3, -0.25) is 33.7 Å². The van der Waals surface area contributed by atoms with Gasteiger partial charge in [0.15, 0.2) is 0 Å². The summed E-state index contributed by atoms with van der Waals surface area (Å²) in [6.07, 6.45) is 0.532. The van der Waals surface area contributed by atoms with Gasteiger partial charge in [-0.2, -0.15) is 0 Å². The third kappa shape index (κ3) is 11.0. The van der Waals surface area contributed by atoms with Gasteiger partial charge in [0.2, 0.25) is 23.6 Å². The summed E-state index contributed by atoms with van der Waals surface area (Å²) in [6, 6.07) is 5.34. The van der Waals surface area contributed by atoms with Crippen LogP contribution >= 0.6 is 0 Å². The van der Waals surface area contributed by atoms with Crippen LogP contribution in [0.25, 0.3) is 0 Å². The fraction of sp³-hybridized carbons (Fsp3) is 0.571. The molecule has 0 aromatic heterocycles. The van der Waals surface area contributed by atoms with E-state index < -0.39 is 66.9 Å². The number of carbonyl (C=O) groups is 6. The molecular formula is C28H41BN6O8. The smallest absolute Gasteiger partial charge is 0.498 e. The lowest BCUT2D eigenvalue weighted by molar-refractivity contribution is -0.145. The molecule has 15 heteroatoms. The van der Waals surface area contributed by atoms with Gasteiger partial charge in [0.05, 0.1) is 25.7 Å². The summed E-state index contributed by atoms with van der Waals surface area (Å²) in [5, 5.41) is 13.9. The van der Waals surface area contributed by atoms with Crippen molar-refractivity contribution in [3.63, 3.8) is 0 Å². The lowest BCUT2D eigenvalue weighted by Crippen LogP contribution is -2.61. The van der Waals surface area contributed by atoms with Gasteiger partial charge in [0.1, 0.15) is 18.1 Å². The number of carbonyl (C=O) groups excluding carboxylic acids is 6. The van der Waals surface area contributed by atoms with Crippen LogP contribution in [0.2, 0.25) is 6.32 Å². The lowest BCUT2D eigenvalue weighted by atomic mass is 9.84. The molecule has 2 fully saturated rings. The normalized spacial score (nSPS) is 25.0. The van der Waals surface area contributed by atoms with Crippen molar-refractivity contribution in [3.05, 3.63) is 35.9 Å². The van der Waals surface area contributed by atoms with Crippen molar-refractivity contribution in [2.24, 2.45) is 5.92 Å². The maximum absolute atomic E-state index is 13.7. The van der Waals surface area contributed by atoms with E-state index in [1.165, 1.54) is 4.90 Å². The van der Waals surface area contributed by atoms with Crippen LogP contribution in [-0.4, -0.2) is 105 Å². The summed E-state index contributed by atoms with van der Waals surface area (Å²) in [5.74, 6) is -3.20. The third-order valence-corrected chi connectivity index (χ3v) is 6.92. The van der Waals surface area contributed by atoms with Crippen molar-refractivity contribution < 1.29 is 38.1 Å². The number of hydrogen-bond acceptors (Lipinski definition) is 10. The van der Waals surface area contributed by atoms with Gasteiger partial charge in [-0.25, -0.2) is 0 Å². The number of rotatable bonds is 8. The van der Waals surface area contributed by atoms with E-state index in [1.807, 2.05) is 44.2 Å². The number of hydrogen-bond donors (Lipinski definition) is 5. The van der Waals surface area contributed by atoms with Crippen LogP contribution in [0.15, 0.2) is 30.3 Å². The summed E-state index contributed by atoms with van der Waals surface area (Å²) in [5.41, 5.74) is 0.790. The molecule has 1 aromatic rings. The van der Waals surface area contributed by atoms with Gasteiger partial charge < -0.3 is 35.9 Å². The van der Waals surface area contributed by atoms with Crippen LogP contribution in [0.4, 0.5) is 0 Å². The first-order valence-corrected chi connectivity index (χ1v) is 14.4. The molecule has 0 saturated carbocycles. The third-order valence-electron chi connectivity index (χ3n) is 6.92. The highest BCUT2D eigenvalue weighted by atomic mass is 16.6. The minimum absolute atomic E-state index is 0.0333. The molecule has 5 N–H and O–H groups in total. The molecular weight excluding hydrogens is 559 g/mol.